The van der Waals surface area contributed by atoms with Crippen molar-refractivity contribution < 1.29 is 9.72 Å². The van der Waals surface area contributed by atoms with Crippen molar-refractivity contribution in [1.82, 2.24) is 20.3 Å². The molecular weight excluding hydrogens is 362 g/mol. The van der Waals surface area contributed by atoms with Crippen LogP contribution in [0.4, 0.5) is 23.1 Å². The summed E-state index contributed by atoms with van der Waals surface area (Å²) in [6.45, 7) is 0.793. The average molecular weight is 379 g/mol. The second-order valence-corrected chi connectivity index (χ2v) is 5.62. The fourth-order valence-electron chi connectivity index (χ4n) is 2.29. The number of carbonyl (C=O) groups is 1. The highest BCUT2D eigenvalue weighted by atomic mass is 16.6. The summed E-state index contributed by atoms with van der Waals surface area (Å²) in [5.74, 6) is 1.54. The molecule has 3 N–H and O–H groups in total. The summed E-state index contributed by atoms with van der Waals surface area (Å²) in [6, 6.07) is 12.7. The minimum atomic E-state index is -0.510. The lowest BCUT2D eigenvalue weighted by molar-refractivity contribution is -0.384. The maximum atomic E-state index is 12.0. The van der Waals surface area contributed by atoms with E-state index in [-0.39, 0.29) is 11.6 Å². The quantitative estimate of drug-likeness (QED) is 0.308. The van der Waals surface area contributed by atoms with Gasteiger partial charge in [0, 0.05) is 43.0 Å². The number of hydrogen-bond acceptors (Lipinski definition) is 8. The largest absolute Gasteiger partial charge is 0.368 e. The number of nitro benzene ring substituents is 1. The van der Waals surface area contributed by atoms with E-state index in [1.165, 1.54) is 30.6 Å². The van der Waals surface area contributed by atoms with E-state index in [0.717, 1.165) is 0 Å². The van der Waals surface area contributed by atoms with Gasteiger partial charge in [-0.2, -0.15) is 0 Å². The molecule has 0 bridgehead atoms. The van der Waals surface area contributed by atoms with Crippen LogP contribution in [-0.4, -0.2) is 38.9 Å². The molecule has 0 atom stereocenters. The van der Waals surface area contributed by atoms with Gasteiger partial charge in [0.05, 0.1) is 4.92 Å². The summed E-state index contributed by atoms with van der Waals surface area (Å²) in [4.78, 5) is 34.6. The fraction of sp³-hybridized carbons (Fsp3) is 0.111. The molecule has 1 amide bonds. The van der Waals surface area contributed by atoms with Crippen LogP contribution in [0.3, 0.4) is 0 Å². The molecule has 10 heteroatoms. The number of nitrogens with one attached hydrogen (secondary N) is 3. The molecule has 2 heterocycles. The fourth-order valence-corrected chi connectivity index (χ4v) is 2.29. The van der Waals surface area contributed by atoms with E-state index >= 15 is 0 Å². The first kappa shape index (κ1) is 18.7. The minimum Gasteiger partial charge on any atom is -0.368 e. The number of nitro groups is 1. The van der Waals surface area contributed by atoms with Gasteiger partial charge in [0.1, 0.15) is 23.8 Å². The molecule has 3 aromatic rings. The van der Waals surface area contributed by atoms with E-state index in [0.29, 0.717) is 36.1 Å². The molecule has 10 nitrogen and oxygen atoms in total. The molecule has 142 valence electrons. The third-order valence-corrected chi connectivity index (χ3v) is 3.65. The predicted molar refractivity (Wildman–Crippen MR) is 103 cm³/mol. The molecule has 0 saturated carbocycles. The Balaban J connectivity index is 1.46. The van der Waals surface area contributed by atoms with Crippen LogP contribution < -0.4 is 16.0 Å². The van der Waals surface area contributed by atoms with Crippen LogP contribution in [-0.2, 0) is 0 Å². The molecule has 2 aromatic heterocycles. The van der Waals surface area contributed by atoms with Gasteiger partial charge in [-0.15, -0.1) is 0 Å². The number of nitrogens with zero attached hydrogens (tertiary/aromatic N) is 4. The van der Waals surface area contributed by atoms with Crippen LogP contribution in [0.1, 0.15) is 10.4 Å². The molecule has 3 rings (SSSR count). The third kappa shape index (κ3) is 5.21. The highest BCUT2D eigenvalue weighted by Crippen LogP contribution is 2.14. The molecular formula is C18H17N7O3. The molecule has 0 aliphatic carbocycles. The lowest BCUT2D eigenvalue weighted by atomic mass is 10.2. The van der Waals surface area contributed by atoms with E-state index in [1.807, 2.05) is 18.2 Å². The van der Waals surface area contributed by atoms with Crippen LogP contribution in [0.2, 0.25) is 0 Å². The number of pyridine rings is 1. The van der Waals surface area contributed by atoms with Crippen LogP contribution in [0.25, 0.3) is 0 Å². The summed E-state index contributed by atoms with van der Waals surface area (Å²) < 4.78 is 0. The molecule has 0 fully saturated rings. The average Bonchev–Trinajstić information content (AvgIpc) is 2.72. The second kappa shape index (κ2) is 9.03. The zero-order valence-electron chi connectivity index (χ0n) is 14.7. The van der Waals surface area contributed by atoms with Crippen molar-refractivity contribution in [1.29, 1.82) is 0 Å². The lowest BCUT2D eigenvalue weighted by Crippen LogP contribution is -2.28. The SMILES string of the molecule is O=C(NCCNc1cc(Nc2ccccn2)ncn1)c1ccc([N+](=O)[O-])cc1. The van der Waals surface area contributed by atoms with Crippen molar-refractivity contribution in [3.05, 3.63) is 76.7 Å². The van der Waals surface area contributed by atoms with Gasteiger partial charge in [0.25, 0.3) is 11.6 Å². The Hall–Kier alpha value is -4.08. The van der Waals surface area contributed by atoms with E-state index < -0.39 is 4.92 Å². The first-order chi connectivity index (χ1) is 13.6. The zero-order valence-corrected chi connectivity index (χ0v) is 14.7. The highest BCUT2D eigenvalue weighted by molar-refractivity contribution is 5.94. The summed E-state index contributed by atoms with van der Waals surface area (Å²) in [7, 11) is 0. The number of carbonyl (C=O) groups excluding carboxylic acids is 1. The Kier molecular flexibility index (Phi) is 6.03. The predicted octanol–water partition coefficient (Wildman–Crippen LogP) is 2.37. The second-order valence-electron chi connectivity index (χ2n) is 5.62. The van der Waals surface area contributed by atoms with Gasteiger partial charge in [0.2, 0.25) is 0 Å². The maximum Gasteiger partial charge on any atom is 0.269 e. The van der Waals surface area contributed by atoms with Gasteiger partial charge in [-0.3, -0.25) is 14.9 Å². The number of hydrogen-bond donors (Lipinski definition) is 3. The monoisotopic (exact) mass is 379 g/mol. The summed E-state index contributed by atoms with van der Waals surface area (Å²) in [5.41, 5.74) is 0.298. The first-order valence-electron chi connectivity index (χ1n) is 8.38. The zero-order chi connectivity index (χ0) is 19.8. The Morgan fingerprint density at radius 3 is 2.46 bits per heavy atom. The standard InChI is InChI=1S/C18H17N7O3/c26-18(13-4-6-14(7-5-13)25(27)28)21-10-9-20-16-11-17(23-12-22-16)24-15-3-1-2-8-19-15/h1-8,11-12H,9-10H2,(H,21,26)(H2,19,20,22,23,24). The Morgan fingerprint density at radius 2 is 1.75 bits per heavy atom. The summed E-state index contributed by atoms with van der Waals surface area (Å²) >= 11 is 0. The Bertz CT molecular complexity index is 949. The number of aromatic nitrogens is 3. The topological polar surface area (TPSA) is 135 Å². The normalized spacial score (nSPS) is 10.1. The van der Waals surface area contributed by atoms with Crippen LogP contribution in [0.15, 0.2) is 61.1 Å². The first-order valence-corrected chi connectivity index (χ1v) is 8.38. The number of anilines is 3. The smallest absolute Gasteiger partial charge is 0.269 e. The molecule has 0 aliphatic rings. The number of non-ortho nitro benzene ring substituents is 1. The molecule has 28 heavy (non-hydrogen) atoms. The van der Waals surface area contributed by atoms with E-state index in [4.69, 9.17) is 0 Å². The van der Waals surface area contributed by atoms with Gasteiger partial charge in [-0.05, 0) is 24.3 Å². The molecule has 1 aromatic carbocycles. The van der Waals surface area contributed by atoms with E-state index in [9.17, 15) is 14.9 Å². The highest BCUT2D eigenvalue weighted by Gasteiger charge is 2.09. The molecule has 0 aliphatic heterocycles. The maximum absolute atomic E-state index is 12.0. The van der Waals surface area contributed by atoms with Gasteiger partial charge in [-0.25, -0.2) is 15.0 Å². The van der Waals surface area contributed by atoms with Crippen molar-refractivity contribution in [3.63, 3.8) is 0 Å². The van der Waals surface area contributed by atoms with Crippen molar-refractivity contribution in [2.75, 3.05) is 23.7 Å². The molecule has 0 radical (unpaired) electrons. The summed E-state index contributed by atoms with van der Waals surface area (Å²) in [6.07, 6.45) is 3.10. The van der Waals surface area contributed by atoms with Gasteiger partial charge in [-0.1, -0.05) is 6.07 Å². The van der Waals surface area contributed by atoms with E-state index in [1.54, 1.807) is 12.3 Å². The van der Waals surface area contributed by atoms with Crippen molar-refractivity contribution in [2.45, 2.75) is 0 Å². The molecule has 0 saturated heterocycles. The van der Waals surface area contributed by atoms with Crippen LogP contribution in [0, 0.1) is 10.1 Å². The third-order valence-electron chi connectivity index (χ3n) is 3.65. The van der Waals surface area contributed by atoms with Gasteiger partial charge in [0.15, 0.2) is 0 Å². The number of benzene rings is 1. The van der Waals surface area contributed by atoms with Crippen molar-refractivity contribution in [3.8, 4) is 0 Å². The van der Waals surface area contributed by atoms with E-state index in [2.05, 4.69) is 30.9 Å². The number of rotatable bonds is 8. The minimum absolute atomic E-state index is 0.0582. The van der Waals surface area contributed by atoms with Crippen molar-refractivity contribution in [2.24, 2.45) is 0 Å². The molecule has 0 unspecified atom stereocenters. The summed E-state index contributed by atoms with van der Waals surface area (Å²) in [5, 5.41) is 19.5. The van der Waals surface area contributed by atoms with Gasteiger partial charge < -0.3 is 16.0 Å². The van der Waals surface area contributed by atoms with Gasteiger partial charge >= 0.3 is 0 Å². The van der Waals surface area contributed by atoms with Crippen LogP contribution in [0.5, 0.6) is 0 Å². The van der Waals surface area contributed by atoms with Crippen LogP contribution >= 0.6 is 0 Å². The van der Waals surface area contributed by atoms with Crippen molar-refractivity contribution >= 4 is 29.0 Å². The Labute approximate surface area is 160 Å². The number of amides is 1. The molecule has 0 spiro atoms. The Morgan fingerprint density at radius 1 is 0.964 bits per heavy atom. The lowest BCUT2D eigenvalue weighted by Gasteiger charge is -2.09.